The Balaban J connectivity index is 1.10. The Labute approximate surface area is 325 Å². The van der Waals surface area contributed by atoms with Gasteiger partial charge in [0.05, 0.1) is 11.0 Å². The van der Waals surface area contributed by atoms with E-state index >= 15 is 0 Å². The SMILES string of the molecule is c1ccc(-c2nc(-c3ccccc3)nc(-c3ccc4c(c3)sc3c(-c5nc(-c6ccccc6)nc(-n6c7ccccc7c7ccccc76)n5)cccc34)n2)cc1. The Bertz CT molecular complexity index is 3140. The molecule has 0 amide bonds. The van der Waals surface area contributed by atoms with Crippen LogP contribution in [0.15, 0.2) is 176 Å². The number of aromatic nitrogens is 7. The van der Waals surface area contributed by atoms with Crippen molar-refractivity contribution < 1.29 is 0 Å². The van der Waals surface area contributed by atoms with Gasteiger partial charge in [0.15, 0.2) is 29.1 Å². The third kappa shape index (κ3) is 5.42. The van der Waals surface area contributed by atoms with Crippen LogP contribution in [0.2, 0.25) is 0 Å². The van der Waals surface area contributed by atoms with Crippen molar-refractivity contribution >= 4 is 53.3 Å². The number of hydrogen-bond donors (Lipinski definition) is 0. The van der Waals surface area contributed by atoms with Gasteiger partial charge in [0.2, 0.25) is 5.95 Å². The Morgan fingerprint density at radius 2 is 0.804 bits per heavy atom. The fraction of sp³-hybridized carbons (Fsp3) is 0. The summed E-state index contributed by atoms with van der Waals surface area (Å²) in [5, 5.41) is 4.59. The minimum absolute atomic E-state index is 0.574. The summed E-state index contributed by atoms with van der Waals surface area (Å²) < 4.78 is 4.37. The van der Waals surface area contributed by atoms with Gasteiger partial charge >= 0.3 is 0 Å². The smallest absolute Gasteiger partial charge is 0.238 e. The lowest BCUT2D eigenvalue weighted by atomic mass is 10.1. The second kappa shape index (κ2) is 13.2. The number of fused-ring (bicyclic) bond motifs is 6. The number of para-hydroxylation sites is 2. The van der Waals surface area contributed by atoms with Gasteiger partial charge in [-0.15, -0.1) is 11.3 Å². The van der Waals surface area contributed by atoms with Gasteiger partial charge in [0, 0.05) is 58.8 Å². The number of rotatable bonds is 6. The maximum absolute atomic E-state index is 5.25. The summed E-state index contributed by atoms with van der Waals surface area (Å²) in [6, 6.07) is 59.9. The molecule has 0 aliphatic heterocycles. The maximum atomic E-state index is 5.25. The Hall–Kier alpha value is -7.42. The first-order chi connectivity index (χ1) is 27.7. The highest BCUT2D eigenvalue weighted by molar-refractivity contribution is 7.26. The van der Waals surface area contributed by atoms with Gasteiger partial charge in [0.1, 0.15) is 0 Å². The molecule has 7 nitrogen and oxygen atoms in total. The highest BCUT2D eigenvalue weighted by atomic mass is 32.1. The van der Waals surface area contributed by atoms with Crippen LogP contribution in [0.3, 0.4) is 0 Å². The summed E-state index contributed by atoms with van der Waals surface area (Å²) in [4.78, 5) is 30.4. The summed E-state index contributed by atoms with van der Waals surface area (Å²) in [5.74, 6) is 3.70. The van der Waals surface area contributed by atoms with E-state index in [2.05, 4.69) is 89.5 Å². The first kappa shape index (κ1) is 32.0. The predicted octanol–water partition coefficient (Wildman–Crippen LogP) is 11.9. The molecule has 0 bridgehead atoms. The third-order valence-corrected chi connectivity index (χ3v) is 11.3. The molecule has 0 saturated heterocycles. The quantitative estimate of drug-likeness (QED) is 0.169. The first-order valence-corrected chi connectivity index (χ1v) is 19.2. The maximum Gasteiger partial charge on any atom is 0.238 e. The molecule has 0 N–H and O–H groups in total. The first-order valence-electron chi connectivity index (χ1n) is 18.4. The molecule has 0 aliphatic carbocycles. The van der Waals surface area contributed by atoms with Crippen molar-refractivity contribution in [1.82, 2.24) is 34.5 Å². The van der Waals surface area contributed by atoms with Crippen LogP contribution >= 0.6 is 11.3 Å². The van der Waals surface area contributed by atoms with Crippen LogP contribution in [-0.2, 0) is 0 Å². The molecule has 11 rings (SSSR count). The van der Waals surface area contributed by atoms with E-state index in [-0.39, 0.29) is 0 Å². The van der Waals surface area contributed by atoms with E-state index in [1.807, 2.05) is 91.0 Å². The molecule has 0 spiro atoms. The van der Waals surface area contributed by atoms with Crippen molar-refractivity contribution in [3.05, 3.63) is 176 Å². The van der Waals surface area contributed by atoms with E-state index in [1.165, 1.54) is 0 Å². The summed E-state index contributed by atoms with van der Waals surface area (Å²) in [7, 11) is 0. The molecule has 4 aromatic heterocycles. The second-order valence-electron chi connectivity index (χ2n) is 13.6. The monoisotopic (exact) mass is 735 g/mol. The molecule has 0 saturated carbocycles. The van der Waals surface area contributed by atoms with Crippen LogP contribution in [0.5, 0.6) is 0 Å². The zero-order chi connectivity index (χ0) is 37.0. The molecule has 0 atom stereocenters. The highest BCUT2D eigenvalue weighted by Gasteiger charge is 2.20. The summed E-state index contributed by atoms with van der Waals surface area (Å²) in [5.41, 5.74) is 6.76. The van der Waals surface area contributed by atoms with Crippen molar-refractivity contribution in [2.75, 3.05) is 0 Å². The molecule has 262 valence electrons. The topological polar surface area (TPSA) is 82.3 Å². The molecular formula is C48H29N7S. The number of benzene rings is 7. The van der Waals surface area contributed by atoms with Crippen molar-refractivity contribution in [3.63, 3.8) is 0 Å². The standard InChI is InChI=1S/C48H29N7S/c1-4-15-30(16-5-1)43-49-44(31-17-6-2-7-18-31)51-46(50-43)33-27-28-36-37-23-14-24-38(42(37)56-41(36)29-33)47-52-45(32-19-8-3-9-20-32)53-48(54-47)55-39-25-12-10-21-34(39)35-22-11-13-26-40(35)55/h1-29H. The molecule has 8 heteroatoms. The molecular weight excluding hydrogens is 707 g/mol. The van der Waals surface area contributed by atoms with Gasteiger partial charge in [-0.3, -0.25) is 4.57 Å². The van der Waals surface area contributed by atoms with Crippen molar-refractivity contribution in [2.24, 2.45) is 0 Å². The van der Waals surface area contributed by atoms with Crippen LogP contribution in [-0.4, -0.2) is 34.5 Å². The average molecular weight is 736 g/mol. The van der Waals surface area contributed by atoms with E-state index < -0.39 is 0 Å². The summed E-state index contributed by atoms with van der Waals surface area (Å²) >= 11 is 1.72. The van der Waals surface area contributed by atoms with Crippen LogP contribution in [0.25, 0.3) is 105 Å². The Morgan fingerprint density at radius 1 is 0.339 bits per heavy atom. The lowest BCUT2D eigenvalue weighted by Crippen LogP contribution is -2.06. The largest absolute Gasteiger partial charge is 0.278 e. The van der Waals surface area contributed by atoms with Crippen LogP contribution in [0.4, 0.5) is 0 Å². The fourth-order valence-corrected chi connectivity index (χ4v) is 8.74. The minimum atomic E-state index is 0.574. The fourth-order valence-electron chi connectivity index (χ4n) is 7.49. The van der Waals surface area contributed by atoms with Crippen LogP contribution < -0.4 is 0 Å². The minimum Gasteiger partial charge on any atom is -0.278 e. The number of nitrogens with zero attached hydrogens (tertiary/aromatic N) is 7. The molecule has 0 unspecified atom stereocenters. The molecule has 4 heterocycles. The van der Waals surface area contributed by atoms with E-state index in [1.54, 1.807) is 11.3 Å². The molecule has 7 aromatic carbocycles. The van der Waals surface area contributed by atoms with Gasteiger partial charge in [-0.2, -0.15) is 9.97 Å². The summed E-state index contributed by atoms with van der Waals surface area (Å²) in [6.07, 6.45) is 0. The van der Waals surface area contributed by atoms with Gasteiger partial charge in [-0.25, -0.2) is 19.9 Å². The lowest BCUT2D eigenvalue weighted by molar-refractivity contribution is 0.954. The summed E-state index contributed by atoms with van der Waals surface area (Å²) in [6.45, 7) is 0. The lowest BCUT2D eigenvalue weighted by Gasteiger charge is -2.11. The van der Waals surface area contributed by atoms with E-state index in [0.717, 1.165) is 69.8 Å². The van der Waals surface area contributed by atoms with Crippen molar-refractivity contribution in [1.29, 1.82) is 0 Å². The second-order valence-corrected chi connectivity index (χ2v) is 14.6. The van der Waals surface area contributed by atoms with Crippen LogP contribution in [0, 0.1) is 0 Å². The highest BCUT2D eigenvalue weighted by Crippen LogP contribution is 2.41. The number of hydrogen-bond acceptors (Lipinski definition) is 7. The molecule has 0 aliphatic rings. The molecule has 56 heavy (non-hydrogen) atoms. The zero-order valence-electron chi connectivity index (χ0n) is 29.8. The van der Waals surface area contributed by atoms with Crippen molar-refractivity contribution in [2.45, 2.75) is 0 Å². The van der Waals surface area contributed by atoms with Gasteiger partial charge < -0.3 is 0 Å². The zero-order valence-corrected chi connectivity index (χ0v) is 30.6. The average Bonchev–Trinajstić information content (AvgIpc) is 3.83. The normalized spacial score (nSPS) is 11.6. The molecule has 0 fully saturated rings. The van der Waals surface area contributed by atoms with E-state index in [4.69, 9.17) is 29.9 Å². The van der Waals surface area contributed by atoms with E-state index in [0.29, 0.717) is 35.1 Å². The Morgan fingerprint density at radius 3 is 1.39 bits per heavy atom. The molecule has 0 radical (unpaired) electrons. The van der Waals surface area contributed by atoms with E-state index in [9.17, 15) is 0 Å². The third-order valence-electron chi connectivity index (χ3n) is 10.1. The van der Waals surface area contributed by atoms with Crippen molar-refractivity contribution in [3.8, 4) is 62.9 Å². The number of thiophene rings is 1. The molecule has 11 aromatic rings. The van der Waals surface area contributed by atoms with Crippen LogP contribution in [0.1, 0.15) is 0 Å². The Kier molecular flexibility index (Phi) is 7.53. The van der Waals surface area contributed by atoms with Gasteiger partial charge in [-0.1, -0.05) is 152 Å². The van der Waals surface area contributed by atoms with Gasteiger partial charge in [-0.05, 0) is 24.3 Å². The predicted molar refractivity (Wildman–Crippen MR) is 228 cm³/mol. The van der Waals surface area contributed by atoms with Gasteiger partial charge in [0.25, 0.3) is 0 Å².